The zero-order valence-electron chi connectivity index (χ0n) is 10.6. The number of ether oxygens (including phenoxy) is 2. The minimum absolute atomic E-state index is 0.393. The number of hydrogen-bond acceptors (Lipinski definition) is 4. The zero-order chi connectivity index (χ0) is 12.8. The summed E-state index contributed by atoms with van der Waals surface area (Å²) < 4.78 is 16.3. The molecule has 0 amide bonds. The molecule has 0 spiro atoms. The molecule has 0 radical (unpaired) electrons. The van der Waals surface area contributed by atoms with Crippen molar-refractivity contribution in [3.63, 3.8) is 0 Å². The second kappa shape index (κ2) is 6.12. The van der Waals surface area contributed by atoms with Crippen molar-refractivity contribution in [2.75, 3.05) is 14.2 Å². The molecule has 0 saturated heterocycles. The van der Waals surface area contributed by atoms with E-state index in [4.69, 9.17) is 13.9 Å². The van der Waals surface area contributed by atoms with Crippen molar-refractivity contribution in [3.05, 3.63) is 47.9 Å². The molecule has 0 aliphatic rings. The van der Waals surface area contributed by atoms with Crippen LogP contribution in [-0.2, 0) is 13.2 Å². The lowest BCUT2D eigenvalue weighted by molar-refractivity contribution is 0.256. The van der Waals surface area contributed by atoms with Crippen molar-refractivity contribution in [2.24, 2.45) is 0 Å². The van der Waals surface area contributed by atoms with Gasteiger partial charge in [0.2, 0.25) is 0 Å². The van der Waals surface area contributed by atoms with Crippen LogP contribution in [0, 0.1) is 0 Å². The van der Waals surface area contributed by atoms with Crippen LogP contribution in [0.4, 0.5) is 0 Å². The fourth-order valence-electron chi connectivity index (χ4n) is 1.69. The molecular formula is C14H17NO3. The number of furan rings is 1. The topological polar surface area (TPSA) is 43.6 Å². The molecule has 0 saturated carbocycles. The maximum Gasteiger partial charge on any atom is 0.161 e. The summed E-state index contributed by atoms with van der Waals surface area (Å²) in [5.41, 5.74) is 1.11. The van der Waals surface area contributed by atoms with Gasteiger partial charge in [-0.3, -0.25) is 0 Å². The van der Waals surface area contributed by atoms with E-state index in [0.29, 0.717) is 12.4 Å². The Labute approximate surface area is 107 Å². The van der Waals surface area contributed by atoms with Gasteiger partial charge in [0, 0.05) is 12.1 Å². The molecule has 4 heteroatoms. The molecule has 0 atom stereocenters. The van der Waals surface area contributed by atoms with Gasteiger partial charge in [-0.15, -0.1) is 0 Å². The SMILES string of the molecule is CNCc1coc(COc2ccccc2OC)c1. The first-order chi connectivity index (χ1) is 8.83. The van der Waals surface area contributed by atoms with E-state index in [2.05, 4.69) is 5.32 Å². The van der Waals surface area contributed by atoms with Crippen LogP contribution >= 0.6 is 0 Å². The minimum Gasteiger partial charge on any atom is -0.493 e. The van der Waals surface area contributed by atoms with Crippen LogP contribution in [-0.4, -0.2) is 14.2 Å². The second-order valence-electron chi connectivity index (χ2n) is 3.89. The molecule has 1 heterocycles. The van der Waals surface area contributed by atoms with Crippen molar-refractivity contribution in [1.29, 1.82) is 0 Å². The fraction of sp³-hybridized carbons (Fsp3) is 0.286. The summed E-state index contributed by atoms with van der Waals surface area (Å²) in [5, 5.41) is 3.07. The van der Waals surface area contributed by atoms with Crippen LogP contribution < -0.4 is 14.8 Å². The van der Waals surface area contributed by atoms with E-state index in [1.807, 2.05) is 37.4 Å². The Morgan fingerprint density at radius 3 is 2.72 bits per heavy atom. The maximum absolute atomic E-state index is 5.67. The van der Waals surface area contributed by atoms with E-state index in [1.54, 1.807) is 13.4 Å². The van der Waals surface area contributed by atoms with E-state index in [9.17, 15) is 0 Å². The number of nitrogens with one attached hydrogen (secondary N) is 1. The molecule has 1 N–H and O–H groups in total. The lowest BCUT2D eigenvalue weighted by Gasteiger charge is -2.08. The molecule has 96 valence electrons. The largest absolute Gasteiger partial charge is 0.493 e. The van der Waals surface area contributed by atoms with Crippen LogP contribution in [0.5, 0.6) is 11.5 Å². The molecular weight excluding hydrogens is 230 g/mol. The Morgan fingerprint density at radius 2 is 2.00 bits per heavy atom. The van der Waals surface area contributed by atoms with Gasteiger partial charge in [-0.1, -0.05) is 12.1 Å². The van der Waals surface area contributed by atoms with Crippen LogP contribution in [0.15, 0.2) is 41.0 Å². The Balaban J connectivity index is 1.97. The lowest BCUT2D eigenvalue weighted by Crippen LogP contribution is -2.03. The predicted octanol–water partition coefficient (Wildman–Crippen LogP) is 2.59. The van der Waals surface area contributed by atoms with Gasteiger partial charge in [-0.05, 0) is 25.2 Å². The molecule has 0 fully saturated rings. The highest BCUT2D eigenvalue weighted by atomic mass is 16.5. The molecule has 18 heavy (non-hydrogen) atoms. The van der Waals surface area contributed by atoms with Gasteiger partial charge in [0.15, 0.2) is 11.5 Å². The minimum atomic E-state index is 0.393. The number of hydrogen-bond donors (Lipinski definition) is 1. The average molecular weight is 247 g/mol. The maximum atomic E-state index is 5.67. The van der Waals surface area contributed by atoms with Gasteiger partial charge in [0.05, 0.1) is 13.4 Å². The standard InChI is InChI=1S/C14H17NO3/c1-15-8-11-7-12(17-9-11)10-18-14-6-4-3-5-13(14)16-2/h3-7,9,15H,8,10H2,1-2H3. The fourth-order valence-corrected chi connectivity index (χ4v) is 1.69. The second-order valence-corrected chi connectivity index (χ2v) is 3.89. The highest BCUT2D eigenvalue weighted by molar-refractivity contribution is 5.39. The first kappa shape index (κ1) is 12.5. The molecule has 0 aliphatic carbocycles. The van der Waals surface area contributed by atoms with Gasteiger partial charge in [0.25, 0.3) is 0 Å². The van der Waals surface area contributed by atoms with Crippen molar-refractivity contribution < 1.29 is 13.9 Å². The van der Waals surface area contributed by atoms with Gasteiger partial charge in [-0.25, -0.2) is 0 Å². The van der Waals surface area contributed by atoms with Crippen LogP contribution in [0.1, 0.15) is 11.3 Å². The molecule has 2 rings (SSSR count). The molecule has 0 aliphatic heterocycles. The van der Waals surface area contributed by atoms with Gasteiger partial charge < -0.3 is 19.2 Å². The van der Waals surface area contributed by atoms with Crippen molar-refractivity contribution >= 4 is 0 Å². The summed E-state index contributed by atoms with van der Waals surface area (Å²) in [6, 6.07) is 9.53. The van der Waals surface area contributed by atoms with Gasteiger partial charge in [0.1, 0.15) is 12.4 Å². The molecule has 1 aromatic heterocycles. The number of para-hydroxylation sites is 2. The van der Waals surface area contributed by atoms with Crippen LogP contribution in [0.3, 0.4) is 0 Å². The first-order valence-electron chi connectivity index (χ1n) is 5.80. The highest BCUT2D eigenvalue weighted by Crippen LogP contribution is 2.26. The third-order valence-corrected chi connectivity index (χ3v) is 2.53. The molecule has 0 bridgehead atoms. The van der Waals surface area contributed by atoms with Crippen molar-refractivity contribution in [3.8, 4) is 11.5 Å². The third kappa shape index (κ3) is 3.05. The van der Waals surface area contributed by atoms with Crippen LogP contribution in [0.25, 0.3) is 0 Å². The summed E-state index contributed by atoms with van der Waals surface area (Å²) in [5.74, 6) is 2.23. The van der Waals surface area contributed by atoms with E-state index in [1.165, 1.54) is 0 Å². The summed E-state index contributed by atoms with van der Waals surface area (Å²) in [7, 11) is 3.53. The van der Waals surface area contributed by atoms with Gasteiger partial charge >= 0.3 is 0 Å². The highest BCUT2D eigenvalue weighted by Gasteiger charge is 2.05. The van der Waals surface area contributed by atoms with Gasteiger partial charge in [-0.2, -0.15) is 0 Å². The Kier molecular flexibility index (Phi) is 4.25. The normalized spacial score (nSPS) is 10.3. The number of methoxy groups -OCH3 is 1. The number of benzene rings is 1. The van der Waals surface area contributed by atoms with Crippen LogP contribution in [0.2, 0.25) is 0 Å². The first-order valence-corrected chi connectivity index (χ1v) is 5.80. The third-order valence-electron chi connectivity index (χ3n) is 2.53. The molecule has 0 unspecified atom stereocenters. The Bertz CT molecular complexity index is 493. The molecule has 2 aromatic rings. The summed E-state index contributed by atoms with van der Waals surface area (Å²) >= 11 is 0. The Hall–Kier alpha value is -1.94. The monoisotopic (exact) mass is 247 g/mol. The molecule has 4 nitrogen and oxygen atoms in total. The van der Waals surface area contributed by atoms with E-state index < -0.39 is 0 Å². The smallest absolute Gasteiger partial charge is 0.161 e. The van der Waals surface area contributed by atoms with E-state index in [0.717, 1.165) is 23.6 Å². The summed E-state index contributed by atoms with van der Waals surface area (Å²) in [6.07, 6.45) is 1.73. The van der Waals surface area contributed by atoms with E-state index in [-0.39, 0.29) is 0 Å². The molecule has 1 aromatic carbocycles. The van der Waals surface area contributed by atoms with E-state index >= 15 is 0 Å². The number of rotatable bonds is 6. The zero-order valence-corrected chi connectivity index (χ0v) is 10.6. The summed E-state index contributed by atoms with van der Waals surface area (Å²) in [6.45, 7) is 1.18. The summed E-state index contributed by atoms with van der Waals surface area (Å²) in [4.78, 5) is 0. The Morgan fingerprint density at radius 1 is 1.22 bits per heavy atom. The average Bonchev–Trinajstić information content (AvgIpc) is 2.85. The van der Waals surface area contributed by atoms with Crippen molar-refractivity contribution in [1.82, 2.24) is 5.32 Å². The predicted molar refractivity (Wildman–Crippen MR) is 68.8 cm³/mol. The lowest BCUT2D eigenvalue weighted by atomic mass is 10.3. The van der Waals surface area contributed by atoms with Crippen molar-refractivity contribution in [2.45, 2.75) is 13.2 Å². The quantitative estimate of drug-likeness (QED) is 0.852.